The second kappa shape index (κ2) is 6.61. The zero-order valence-corrected chi connectivity index (χ0v) is 11.2. The van der Waals surface area contributed by atoms with Crippen LogP contribution in [0.5, 0.6) is 5.75 Å². The number of aliphatic hydroxyl groups excluding tert-OH is 1. The quantitative estimate of drug-likeness (QED) is 0.769. The van der Waals surface area contributed by atoms with Gasteiger partial charge in [0.2, 0.25) is 0 Å². The van der Waals surface area contributed by atoms with Crippen molar-refractivity contribution in [3.63, 3.8) is 0 Å². The van der Waals surface area contributed by atoms with E-state index in [4.69, 9.17) is 11.6 Å². The summed E-state index contributed by atoms with van der Waals surface area (Å²) in [6, 6.07) is 4.32. The van der Waals surface area contributed by atoms with E-state index in [9.17, 15) is 15.0 Å². The molecule has 0 spiro atoms. The van der Waals surface area contributed by atoms with Gasteiger partial charge in [0.15, 0.2) is 0 Å². The fourth-order valence-electron chi connectivity index (χ4n) is 1.46. The molecule has 1 rings (SSSR count). The molecule has 1 amide bonds. The number of carbonyl (C=O) groups is 1. The standard InChI is InChI=1S/C13H18ClNO3/c1-8(2)11(16)5-6-15-13(18)10-4-3-9(14)7-12(10)17/h3-4,7-8,11,16-17H,5-6H2,1-2H3,(H,15,18). The minimum atomic E-state index is -0.441. The van der Waals surface area contributed by atoms with E-state index in [1.807, 2.05) is 13.8 Å². The van der Waals surface area contributed by atoms with Crippen LogP contribution in [0.15, 0.2) is 18.2 Å². The van der Waals surface area contributed by atoms with E-state index in [0.717, 1.165) is 0 Å². The molecule has 0 fully saturated rings. The maximum absolute atomic E-state index is 11.7. The number of phenolic OH excluding ortho intramolecular Hbond substituents is 1. The van der Waals surface area contributed by atoms with Crippen LogP contribution >= 0.6 is 11.6 Å². The van der Waals surface area contributed by atoms with Gasteiger partial charge in [0.05, 0.1) is 11.7 Å². The summed E-state index contributed by atoms with van der Waals surface area (Å²) in [6.07, 6.45) is 0.0433. The molecule has 0 bridgehead atoms. The van der Waals surface area contributed by atoms with Gasteiger partial charge in [-0.1, -0.05) is 25.4 Å². The zero-order valence-electron chi connectivity index (χ0n) is 10.5. The highest BCUT2D eigenvalue weighted by atomic mass is 35.5. The van der Waals surface area contributed by atoms with E-state index >= 15 is 0 Å². The number of nitrogens with one attached hydrogen (secondary N) is 1. The molecule has 3 N–H and O–H groups in total. The Morgan fingerprint density at radius 3 is 2.67 bits per heavy atom. The third-order valence-electron chi connectivity index (χ3n) is 2.70. The van der Waals surface area contributed by atoms with Crippen LogP contribution < -0.4 is 5.32 Å². The van der Waals surface area contributed by atoms with Crippen LogP contribution in [0.25, 0.3) is 0 Å². The van der Waals surface area contributed by atoms with Crippen LogP contribution in [0, 0.1) is 5.92 Å². The number of rotatable bonds is 5. The Hall–Kier alpha value is -1.26. The summed E-state index contributed by atoms with van der Waals surface area (Å²) in [5.41, 5.74) is 0.179. The molecule has 100 valence electrons. The van der Waals surface area contributed by atoms with E-state index in [1.54, 1.807) is 6.07 Å². The molecule has 5 heteroatoms. The minimum Gasteiger partial charge on any atom is -0.507 e. The first-order chi connectivity index (χ1) is 8.41. The summed E-state index contributed by atoms with van der Waals surface area (Å²) in [6.45, 7) is 4.19. The summed E-state index contributed by atoms with van der Waals surface area (Å²) in [5.74, 6) is -0.365. The van der Waals surface area contributed by atoms with Gasteiger partial charge in [-0.2, -0.15) is 0 Å². The molecular weight excluding hydrogens is 254 g/mol. The third kappa shape index (κ3) is 4.20. The Balaban J connectivity index is 2.51. The molecule has 18 heavy (non-hydrogen) atoms. The lowest BCUT2D eigenvalue weighted by molar-refractivity contribution is 0.0918. The first kappa shape index (κ1) is 14.8. The molecule has 1 aromatic rings. The Morgan fingerprint density at radius 2 is 2.11 bits per heavy atom. The fourth-order valence-corrected chi connectivity index (χ4v) is 1.63. The zero-order chi connectivity index (χ0) is 13.7. The number of aliphatic hydroxyl groups is 1. The molecule has 0 aliphatic heterocycles. The van der Waals surface area contributed by atoms with Crippen LogP contribution in [0.2, 0.25) is 5.02 Å². The van der Waals surface area contributed by atoms with Gasteiger partial charge in [0.1, 0.15) is 5.75 Å². The monoisotopic (exact) mass is 271 g/mol. The van der Waals surface area contributed by atoms with Crippen molar-refractivity contribution in [2.45, 2.75) is 26.4 Å². The molecule has 1 aromatic carbocycles. The second-order valence-electron chi connectivity index (χ2n) is 4.52. The van der Waals surface area contributed by atoms with Gasteiger partial charge in [0, 0.05) is 11.6 Å². The molecular formula is C13H18ClNO3. The number of carbonyl (C=O) groups excluding carboxylic acids is 1. The maximum Gasteiger partial charge on any atom is 0.255 e. The molecule has 0 radical (unpaired) electrons. The number of halogens is 1. The van der Waals surface area contributed by atoms with Crippen molar-refractivity contribution in [3.05, 3.63) is 28.8 Å². The van der Waals surface area contributed by atoms with Crippen molar-refractivity contribution in [3.8, 4) is 5.75 Å². The van der Waals surface area contributed by atoms with E-state index < -0.39 is 6.10 Å². The molecule has 1 unspecified atom stereocenters. The van der Waals surface area contributed by atoms with Crippen molar-refractivity contribution >= 4 is 17.5 Å². The maximum atomic E-state index is 11.7. The normalized spacial score (nSPS) is 12.5. The van der Waals surface area contributed by atoms with Gasteiger partial charge in [0.25, 0.3) is 5.91 Å². The molecule has 1 atom stereocenters. The van der Waals surface area contributed by atoms with Crippen molar-refractivity contribution in [2.24, 2.45) is 5.92 Å². The highest BCUT2D eigenvalue weighted by Gasteiger charge is 2.13. The first-order valence-electron chi connectivity index (χ1n) is 5.86. The van der Waals surface area contributed by atoms with Crippen LogP contribution in [0.3, 0.4) is 0 Å². The van der Waals surface area contributed by atoms with Crippen LogP contribution in [-0.2, 0) is 0 Å². The predicted octanol–water partition coefficient (Wildman–Crippen LogP) is 2.18. The molecule has 4 nitrogen and oxygen atoms in total. The molecule has 0 aliphatic rings. The Bertz CT molecular complexity index is 421. The topological polar surface area (TPSA) is 69.6 Å². The number of amides is 1. The van der Waals surface area contributed by atoms with E-state index in [1.165, 1.54) is 12.1 Å². The van der Waals surface area contributed by atoms with Gasteiger partial charge >= 0.3 is 0 Å². The first-order valence-corrected chi connectivity index (χ1v) is 6.24. The van der Waals surface area contributed by atoms with Crippen LogP contribution in [0.4, 0.5) is 0 Å². The van der Waals surface area contributed by atoms with E-state index in [0.29, 0.717) is 18.0 Å². The number of aromatic hydroxyl groups is 1. The SMILES string of the molecule is CC(C)C(O)CCNC(=O)c1ccc(Cl)cc1O. The van der Waals surface area contributed by atoms with E-state index in [-0.39, 0.29) is 23.1 Å². The Morgan fingerprint density at radius 1 is 1.44 bits per heavy atom. The number of phenols is 1. The fraction of sp³-hybridized carbons (Fsp3) is 0.462. The van der Waals surface area contributed by atoms with Gasteiger partial charge < -0.3 is 15.5 Å². The van der Waals surface area contributed by atoms with Gasteiger partial charge in [-0.3, -0.25) is 4.79 Å². The lowest BCUT2D eigenvalue weighted by atomic mass is 10.0. The van der Waals surface area contributed by atoms with Gasteiger partial charge in [-0.25, -0.2) is 0 Å². The summed E-state index contributed by atoms with van der Waals surface area (Å²) in [5, 5.41) is 22.2. The molecule has 0 aliphatic carbocycles. The van der Waals surface area contributed by atoms with E-state index in [2.05, 4.69) is 5.32 Å². The minimum absolute atomic E-state index is 0.149. The van der Waals surface area contributed by atoms with Crippen LogP contribution in [0.1, 0.15) is 30.6 Å². The predicted molar refractivity (Wildman–Crippen MR) is 70.9 cm³/mol. The molecule has 0 aromatic heterocycles. The summed E-state index contributed by atoms with van der Waals surface area (Å²) >= 11 is 5.68. The van der Waals surface area contributed by atoms with Crippen molar-refractivity contribution in [2.75, 3.05) is 6.54 Å². The average Bonchev–Trinajstić information content (AvgIpc) is 2.28. The largest absolute Gasteiger partial charge is 0.507 e. The lowest BCUT2D eigenvalue weighted by Gasteiger charge is -2.14. The Kier molecular flexibility index (Phi) is 5.44. The second-order valence-corrected chi connectivity index (χ2v) is 4.95. The molecule has 0 heterocycles. The number of benzene rings is 1. The highest BCUT2D eigenvalue weighted by molar-refractivity contribution is 6.30. The smallest absolute Gasteiger partial charge is 0.255 e. The van der Waals surface area contributed by atoms with Gasteiger partial charge in [-0.15, -0.1) is 0 Å². The molecule has 0 saturated heterocycles. The summed E-state index contributed by atoms with van der Waals surface area (Å²) < 4.78 is 0. The lowest BCUT2D eigenvalue weighted by Crippen LogP contribution is -2.28. The number of hydrogen-bond acceptors (Lipinski definition) is 3. The van der Waals surface area contributed by atoms with Crippen LogP contribution in [-0.4, -0.2) is 28.8 Å². The summed E-state index contributed by atoms with van der Waals surface area (Å²) in [7, 11) is 0. The third-order valence-corrected chi connectivity index (χ3v) is 2.93. The number of hydrogen-bond donors (Lipinski definition) is 3. The Labute approximate surface area is 112 Å². The van der Waals surface area contributed by atoms with Crippen molar-refractivity contribution < 1.29 is 15.0 Å². The average molecular weight is 272 g/mol. The van der Waals surface area contributed by atoms with Crippen molar-refractivity contribution in [1.82, 2.24) is 5.32 Å². The highest BCUT2D eigenvalue weighted by Crippen LogP contribution is 2.21. The van der Waals surface area contributed by atoms with Gasteiger partial charge in [-0.05, 0) is 30.5 Å². The molecule has 0 saturated carbocycles. The summed E-state index contributed by atoms with van der Waals surface area (Å²) in [4.78, 5) is 11.7. The van der Waals surface area contributed by atoms with Crippen molar-refractivity contribution in [1.29, 1.82) is 0 Å².